The molecule has 0 N–H and O–H groups in total. The zero-order valence-corrected chi connectivity index (χ0v) is 17.0. The summed E-state index contributed by atoms with van der Waals surface area (Å²) in [5.74, 6) is 0.0800. The number of carbonyl (C=O) groups is 1. The summed E-state index contributed by atoms with van der Waals surface area (Å²) in [5.41, 5.74) is 1.33. The Kier molecular flexibility index (Phi) is 4.92. The maximum atomic E-state index is 13.2. The van der Waals surface area contributed by atoms with Gasteiger partial charge in [0.2, 0.25) is 15.9 Å². The van der Waals surface area contributed by atoms with Gasteiger partial charge in [0.1, 0.15) is 0 Å². The molecule has 6 nitrogen and oxygen atoms in total. The van der Waals surface area contributed by atoms with Gasteiger partial charge in [0.05, 0.1) is 17.1 Å². The fourth-order valence-electron chi connectivity index (χ4n) is 3.98. The van der Waals surface area contributed by atoms with E-state index in [-0.39, 0.29) is 23.0 Å². The van der Waals surface area contributed by atoms with Crippen LogP contribution in [-0.2, 0) is 25.0 Å². The second-order valence-corrected chi connectivity index (χ2v) is 9.89. The molecule has 1 aromatic rings. The maximum absolute atomic E-state index is 13.2. The number of anilines is 1. The molecule has 2 aliphatic heterocycles. The number of ether oxygens (including phenoxy) is 1. The lowest BCUT2D eigenvalue weighted by Crippen LogP contribution is -2.48. The van der Waals surface area contributed by atoms with Crippen LogP contribution in [0.15, 0.2) is 23.1 Å². The molecule has 0 aromatic heterocycles. The number of hydrogen-bond donors (Lipinski definition) is 0. The third-order valence-corrected chi connectivity index (χ3v) is 7.05. The molecule has 2 heterocycles. The normalized spacial score (nSPS) is 26.7. The Bertz CT molecular complexity index is 809. The lowest BCUT2D eigenvalue weighted by atomic mass is 9.77. The lowest BCUT2D eigenvalue weighted by Gasteiger charge is -2.39. The van der Waals surface area contributed by atoms with Gasteiger partial charge in [0, 0.05) is 37.2 Å². The molecular weight excluding hydrogens is 352 g/mol. The number of fused-ring (bicyclic) bond motifs is 1. The van der Waals surface area contributed by atoms with E-state index in [9.17, 15) is 13.2 Å². The molecule has 2 atom stereocenters. The number of morpholine rings is 1. The first kappa shape index (κ1) is 19.3. The van der Waals surface area contributed by atoms with Crippen LogP contribution in [0.25, 0.3) is 0 Å². The molecule has 3 rings (SSSR count). The Morgan fingerprint density at radius 2 is 1.81 bits per heavy atom. The van der Waals surface area contributed by atoms with Crippen molar-refractivity contribution in [1.29, 1.82) is 0 Å². The maximum Gasteiger partial charge on any atom is 0.243 e. The van der Waals surface area contributed by atoms with Gasteiger partial charge in [0.15, 0.2) is 0 Å². The van der Waals surface area contributed by atoms with Gasteiger partial charge in [-0.1, -0.05) is 13.8 Å². The fraction of sp³-hybridized carbons (Fsp3) is 0.632. The van der Waals surface area contributed by atoms with Gasteiger partial charge in [-0.05, 0) is 44.5 Å². The van der Waals surface area contributed by atoms with E-state index in [1.165, 1.54) is 4.31 Å². The van der Waals surface area contributed by atoms with Gasteiger partial charge in [-0.3, -0.25) is 4.79 Å². The molecule has 26 heavy (non-hydrogen) atoms. The molecule has 1 aromatic carbocycles. The van der Waals surface area contributed by atoms with Crippen LogP contribution < -0.4 is 4.90 Å². The average molecular weight is 381 g/mol. The van der Waals surface area contributed by atoms with Gasteiger partial charge >= 0.3 is 0 Å². The molecule has 0 unspecified atom stereocenters. The average Bonchev–Trinajstić information content (AvgIpc) is 2.53. The molecule has 0 radical (unpaired) electrons. The third kappa shape index (κ3) is 3.28. The standard InChI is InChI=1S/C19H28N2O4S/c1-6-21-17-8-7-15(9-16(17)19(4,5)10-18(21)22)26(23,24)20-11-13(2)25-14(3)12-20/h7-9,13-14H,6,10-12H2,1-5H3/t13-,14-/m1/s1. The Labute approximate surface area is 156 Å². The van der Waals surface area contributed by atoms with Gasteiger partial charge in [-0.2, -0.15) is 4.31 Å². The highest BCUT2D eigenvalue weighted by atomic mass is 32.2. The summed E-state index contributed by atoms with van der Waals surface area (Å²) >= 11 is 0. The first-order chi connectivity index (χ1) is 12.1. The zero-order chi connectivity index (χ0) is 19.3. The minimum absolute atomic E-state index is 0.0800. The summed E-state index contributed by atoms with van der Waals surface area (Å²) in [6.45, 7) is 11.0. The van der Waals surface area contributed by atoms with E-state index < -0.39 is 15.4 Å². The summed E-state index contributed by atoms with van der Waals surface area (Å²) in [7, 11) is -3.60. The molecule has 1 amide bonds. The van der Waals surface area contributed by atoms with Crippen molar-refractivity contribution in [3.63, 3.8) is 0 Å². The Morgan fingerprint density at radius 1 is 1.19 bits per heavy atom. The Morgan fingerprint density at radius 3 is 2.38 bits per heavy atom. The number of amides is 1. The highest BCUT2D eigenvalue weighted by Crippen LogP contribution is 2.41. The first-order valence-corrected chi connectivity index (χ1v) is 10.6. The van der Waals surface area contributed by atoms with E-state index >= 15 is 0 Å². The lowest BCUT2D eigenvalue weighted by molar-refractivity contribution is -0.120. The molecule has 0 aliphatic carbocycles. The smallest absolute Gasteiger partial charge is 0.243 e. The van der Waals surface area contributed by atoms with E-state index in [1.54, 1.807) is 23.1 Å². The number of nitrogens with zero attached hydrogens (tertiary/aromatic N) is 2. The van der Waals surface area contributed by atoms with Crippen LogP contribution in [0.3, 0.4) is 0 Å². The van der Waals surface area contributed by atoms with E-state index in [4.69, 9.17) is 4.74 Å². The second kappa shape index (κ2) is 6.62. The van der Waals surface area contributed by atoms with Crippen LogP contribution in [-0.4, -0.2) is 50.5 Å². The second-order valence-electron chi connectivity index (χ2n) is 7.96. The van der Waals surface area contributed by atoms with Crippen molar-refractivity contribution >= 4 is 21.6 Å². The summed E-state index contributed by atoms with van der Waals surface area (Å²) in [6.07, 6.45) is 0.120. The van der Waals surface area contributed by atoms with Crippen molar-refractivity contribution in [1.82, 2.24) is 4.31 Å². The van der Waals surface area contributed by atoms with Crippen LogP contribution in [0, 0.1) is 0 Å². The molecule has 1 saturated heterocycles. The summed E-state index contributed by atoms with van der Waals surface area (Å²) in [6, 6.07) is 5.15. The molecule has 1 fully saturated rings. The van der Waals surface area contributed by atoms with Crippen LogP contribution in [0.1, 0.15) is 46.6 Å². The summed E-state index contributed by atoms with van der Waals surface area (Å²) in [4.78, 5) is 14.4. The molecule has 0 saturated carbocycles. The van der Waals surface area contributed by atoms with Crippen molar-refractivity contribution < 1.29 is 17.9 Å². The highest BCUT2D eigenvalue weighted by Gasteiger charge is 2.38. The van der Waals surface area contributed by atoms with Crippen molar-refractivity contribution in [2.24, 2.45) is 0 Å². The molecular formula is C19H28N2O4S. The number of benzene rings is 1. The fourth-order valence-corrected chi connectivity index (χ4v) is 5.60. The van der Waals surface area contributed by atoms with Crippen molar-refractivity contribution in [2.45, 2.75) is 63.6 Å². The number of rotatable bonds is 3. The van der Waals surface area contributed by atoms with Crippen LogP contribution in [0.5, 0.6) is 0 Å². The largest absolute Gasteiger partial charge is 0.373 e. The van der Waals surface area contributed by atoms with Gasteiger partial charge in [-0.25, -0.2) is 8.42 Å². The minimum Gasteiger partial charge on any atom is -0.373 e. The SMILES string of the molecule is CCN1C(=O)CC(C)(C)c2cc(S(=O)(=O)N3C[C@@H](C)O[C@H](C)C3)ccc21. The number of carbonyl (C=O) groups excluding carboxylic acids is 1. The zero-order valence-electron chi connectivity index (χ0n) is 16.2. The summed E-state index contributed by atoms with van der Waals surface area (Å²) < 4.78 is 33.5. The summed E-state index contributed by atoms with van der Waals surface area (Å²) in [5, 5.41) is 0. The molecule has 7 heteroatoms. The molecule has 0 spiro atoms. The van der Waals surface area contributed by atoms with Gasteiger partial charge < -0.3 is 9.64 Å². The van der Waals surface area contributed by atoms with E-state index in [0.717, 1.165) is 11.3 Å². The molecule has 144 valence electrons. The van der Waals surface area contributed by atoms with E-state index in [2.05, 4.69) is 0 Å². The van der Waals surface area contributed by atoms with Crippen LogP contribution in [0.4, 0.5) is 5.69 Å². The first-order valence-electron chi connectivity index (χ1n) is 9.16. The van der Waals surface area contributed by atoms with Gasteiger partial charge in [0.25, 0.3) is 0 Å². The highest BCUT2D eigenvalue weighted by molar-refractivity contribution is 7.89. The monoisotopic (exact) mass is 380 g/mol. The number of hydrogen-bond acceptors (Lipinski definition) is 4. The molecule has 0 bridgehead atoms. The third-order valence-electron chi connectivity index (χ3n) is 5.22. The van der Waals surface area contributed by atoms with Gasteiger partial charge in [-0.15, -0.1) is 0 Å². The van der Waals surface area contributed by atoms with Crippen LogP contribution >= 0.6 is 0 Å². The van der Waals surface area contributed by atoms with Crippen molar-refractivity contribution in [3.8, 4) is 0 Å². The predicted molar refractivity (Wildman–Crippen MR) is 101 cm³/mol. The topological polar surface area (TPSA) is 66.9 Å². The van der Waals surface area contributed by atoms with Crippen molar-refractivity contribution in [2.75, 3.05) is 24.5 Å². The molecule has 2 aliphatic rings. The van der Waals surface area contributed by atoms with Crippen molar-refractivity contribution in [3.05, 3.63) is 23.8 Å². The quantitative estimate of drug-likeness (QED) is 0.808. The predicted octanol–water partition coefficient (Wildman–Crippen LogP) is 2.52. The van der Waals surface area contributed by atoms with Crippen LogP contribution in [0.2, 0.25) is 0 Å². The minimum atomic E-state index is -3.60. The Balaban J connectivity index is 2.04. The Hall–Kier alpha value is -1.44. The van der Waals surface area contributed by atoms with E-state index in [1.807, 2.05) is 34.6 Å². The number of sulfonamides is 1. The van der Waals surface area contributed by atoms with E-state index in [0.29, 0.717) is 26.1 Å².